The molecule has 1 aliphatic heterocycles. The summed E-state index contributed by atoms with van der Waals surface area (Å²) >= 11 is 5.12. The summed E-state index contributed by atoms with van der Waals surface area (Å²) in [6.45, 7) is 0.269. The van der Waals surface area contributed by atoms with E-state index in [1.54, 1.807) is 0 Å². The van der Waals surface area contributed by atoms with Crippen molar-refractivity contribution < 1.29 is 22.4 Å². The van der Waals surface area contributed by atoms with Crippen LogP contribution in [0, 0.1) is 5.82 Å². The van der Waals surface area contributed by atoms with Gasteiger partial charge in [-0.2, -0.15) is 18.3 Å². The van der Waals surface area contributed by atoms with Crippen LogP contribution >= 0.6 is 12.2 Å². The highest BCUT2D eigenvalue weighted by Crippen LogP contribution is 2.32. The molecule has 1 amide bonds. The van der Waals surface area contributed by atoms with Gasteiger partial charge in [-0.3, -0.25) is 10.2 Å². The number of amides is 1. The van der Waals surface area contributed by atoms with Crippen molar-refractivity contribution in [3.8, 4) is 0 Å². The van der Waals surface area contributed by atoms with Crippen molar-refractivity contribution in [2.24, 2.45) is 5.10 Å². The monoisotopic (exact) mass is 472 g/mol. The number of carbonyl (C=O) groups is 1. The minimum Gasteiger partial charge on any atom is -0.331 e. The number of hydrogen-bond donors (Lipinski definition) is 2. The standard InChI is InChI=1S/C23H16F4N4OS/c24-16-8-11-19-18(12-16)20(21(32)31(19)13-14-4-2-1-3-5-14)29-30-22(33)28-17-9-6-15(7-10-17)23(25,26)27/h1-12H,13H2,(H2,28,30,33)/b29-20-. The highest BCUT2D eigenvalue weighted by molar-refractivity contribution is 7.80. The molecule has 0 bridgehead atoms. The molecule has 0 spiro atoms. The van der Waals surface area contributed by atoms with Gasteiger partial charge in [0.1, 0.15) is 5.82 Å². The third-order valence-electron chi connectivity index (χ3n) is 4.88. The summed E-state index contributed by atoms with van der Waals surface area (Å²) in [5.74, 6) is -0.967. The number of anilines is 2. The molecule has 4 rings (SSSR count). The van der Waals surface area contributed by atoms with Gasteiger partial charge in [-0.05, 0) is 60.2 Å². The fourth-order valence-electron chi connectivity index (χ4n) is 3.33. The Morgan fingerprint density at radius 3 is 2.36 bits per heavy atom. The predicted molar refractivity (Wildman–Crippen MR) is 121 cm³/mol. The van der Waals surface area contributed by atoms with Crippen LogP contribution in [0.1, 0.15) is 16.7 Å². The maximum Gasteiger partial charge on any atom is 0.416 e. The molecule has 0 saturated carbocycles. The number of rotatable bonds is 4. The first kappa shape index (κ1) is 22.4. The maximum absolute atomic E-state index is 13.9. The summed E-state index contributed by atoms with van der Waals surface area (Å²) in [7, 11) is 0. The van der Waals surface area contributed by atoms with Crippen LogP contribution in [-0.4, -0.2) is 16.7 Å². The Balaban J connectivity index is 1.52. The first-order valence-corrected chi connectivity index (χ1v) is 10.1. The molecule has 0 aromatic heterocycles. The van der Waals surface area contributed by atoms with Crippen LogP contribution < -0.4 is 15.6 Å². The van der Waals surface area contributed by atoms with Gasteiger partial charge in [-0.1, -0.05) is 30.3 Å². The van der Waals surface area contributed by atoms with Crippen LogP contribution in [0.2, 0.25) is 0 Å². The highest BCUT2D eigenvalue weighted by Gasteiger charge is 2.34. The molecule has 0 fully saturated rings. The summed E-state index contributed by atoms with van der Waals surface area (Å²) in [5.41, 5.74) is 3.69. The topological polar surface area (TPSA) is 56.7 Å². The number of halogens is 4. The normalized spacial score (nSPS) is 14.4. The first-order chi connectivity index (χ1) is 15.7. The van der Waals surface area contributed by atoms with Gasteiger partial charge in [-0.25, -0.2) is 4.39 Å². The molecule has 0 unspecified atom stereocenters. The minimum atomic E-state index is -4.44. The van der Waals surface area contributed by atoms with Gasteiger partial charge in [0.05, 0.1) is 17.8 Å². The van der Waals surface area contributed by atoms with E-state index >= 15 is 0 Å². The fraction of sp³-hybridized carbons (Fsp3) is 0.0870. The smallest absolute Gasteiger partial charge is 0.331 e. The summed E-state index contributed by atoms with van der Waals surface area (Å²) < 4.78 is 52.0. The number of carbonyl (C=O) groups excluding carboxylic acids is 1. The average molecular weight is 472 g/mol. The molecule has 1 aliphatic rings. The van der Waals surface area contributed by atoms with Crippen molar-refractivity contribution >= 4 is 40.3 Å². The van der Waals surface area contributed by atoms with Crippen molar-refractivity contribution in [3.05, 3.63) is 95.3 Å². The Hall–Kier alpha value is -3.79. The molecule has 2 N–H and O–H groups in total. The molecular formula is C23H16F4N4OS. The maximum atomic E-state index is 13.9. The SMILES string of the molecule is O=C1/C(=N\NC(=S)Nc2ccc(C(F)(F)F)cc2)c2cc(F)ccc2N1Cc1ccccc1. The lowest BCUT2D eigenvalue weighted by atomic mass is 10.1. The third kappa shape index (κ3) is 5.01. The van der Waals surface area contributed by atoms with Gasteiger partial charge >= 0.3 is 6.18 Å². The van der Waals surface area contributed by atoms with Crippen LogP contribution in [0.15, 0.2) is 77.9 Å². The van der Waals surface area contributed by atoms with E-state index in [4.69, 9.17) is 12.2 Å². The zero-order chi connectivity index (χ0) is 23.6. The van der Waals surface area contributed by atoms with Crippen LogP contribution in [0.5, 0.6) is 0 Å². The second-order valence-electron chi connectivity index (χ2n) is 7.14. The van der Waals surface area contributed by atoms with Crippen molar-refractivity contribution in [2.75, 3.05) is 10.2 Å². The fourth-order valence-corrected chi connectivity index (χ4v) is 3.49. The van der Waals surface area contributed by atoms with Gasteiger partial charge in [0.2, 0.25) is 0 Å². The van der Waals surface area contributed by atoms with Crippen LogP contribution in [0.25, 0.3) is 0 Å². The molecule has 10 heteroatoms. The molecule has 0 saturated heterocycles. The third-order valence-corrected chi connectivity index (χ3v) is 5.07. The van der Waals surface area contributed by atoms with Gasteiger partial charge in [0.25, 0.3) is 5.91 Å². The molecule has 3 aromatic carbocycles. The molecule has 0 radical (unpaired) electrons. The van der Waals surface area contributed by atoms with E-state index in [0.717, 1.165) is 17.7 Å². The predicted octanol–water partition coefficient (Wildman–Crippen LogP) is 5.08. The number of hydrazone groups is 1. The Morgan fingerprint density at radius 2 is 1.70 bits per heavy atom. The van der Waals surface area contributed by atoms with Crippen molar-refractivity contribution in [1.29, 1.82) is 0 Å². The van der Waals surface area contributed by atoms with E-state index < -0.39 is 23.5 Å². The van der Waals surface area contributed by atoms with E-state index in [1.807, 2.05) is 30.3 Å². The molecule has 5 nitrogen and oxygen atoms in total. The number of nitrogens with one attached hydrogen (secondary N) is 2. The largest absolute Gasteiger partial charge is 0.416 e. The molecule has 3 aromatic rings. The second-order valence-corrected chi connectivity index (χ2v) is 7.55. The number of fused-ring (bicyclic) bond motifs is 1. The van der Waals surface area contributed by atoms with Crippen molar-refractivity contribution in [3.63, 3.8) is 0 Å². The zero-order valence-electron chi connectivity index (χ0n) is 16.9. The lowest BCUT2D eigenvalue weighted by Crippen LogP contribution is -2.32. The highest BCUT2D eigenvalue weighted by atomic mass is 32.1. The van der Waals surface area contributed by atoms with Crippen LogP contribution in [-0.2, 0) is 17.5 Å². The summed E-state index contributed by atoms with van der Waals surface area (Å²) in [6, 6.07) is 17.5. The number of thiocarbonyl (C=S) groups is 1. The Labute approximate surface area is 191 Å². The van der Waals surface area contributed by atoms with Gasteiger partial charge in [0.15, 0.2) is 10.8 Å². The number of alkyl halides is 3. The van der Waals surface area contributed by atoms with Gasteiger partial charge < -0.3 is 10.2 Å². The van der Waals surface area contributed by atoms with E-state index in [-0.39, 0.29) is 17.4 Å². The van der Waals surface area contributed by atoms with Crippen molar-refractivity contribution in [1.82, 2.24) is 5.43 Å². The number of hydrogen-bond acceptors (Lipinski definition) is 3. The molecular weight excluding hydrogens is 456 g/mol. The van der Waals surface area contributed by atoms with Crippen molar-refractivity contribution in [2.45, 2.75) is 12.7 Å². The summed E-state index contributed by atoms with van der Waals surface area (Å²) in [5, 5.41) is 6.70. The first-order valence-electron chi connectivity index (χ1n) is 9.70. The Bertz CT molecular complexity index is 1230. The molecule has 0 atom stereocenters. The number of nitrogens with zero attached hydrogens (tertiary/aromatic N) is 2. The van der Waals surface area contributed by atoms with Gasteiger partial charge in [0, 0.05) is 11.3 Å². The number of benzene rings is 3. The van der Waals surface area contributed by atoms with E-state index in [1.165, 1.54) is 35.2 Å². The Kier molecular flexibility index (Phi) is 6.10. The minimum absolute atomic E-state index is 0.0306. The van der Waals surface area contributed by atoms with Gasteiger partial charge in [-0.15, -0.1) is 0 Å². The quantitative estimate of drug-likeness (QED) is 0.316. The van der Waals surface area contributed by atoms with E-state index in [9.17, 15) is 22.4 Å². The van der Waals surface area contributed by atoms with E-state index in [2.05, 4.69) is 15.8 Å². The lowest BCUT2D eigenvalue weighted by molar-refractivity contribution is -0.137. The summed E-state index contributed by atoms with van der Waals surface area (Å²) in [6.07, 6.45) is -4.44. The lowest BCUT2D eigenvalue weighted by Gasteiger charge is -2.16. The zero-order valence-corrected chi connectivity index (χ0v) is 17.7. The molecule has 168 valence electrons. The summed E-state index contributed by atoms with van der Waals surface area (Å²) in [4.78, 5) is 14.5. The average Bonchev–Trinajstić information content (AvgIpc) is 3.03. The second kappa shape index (κ2) is 8.99. The Morgan fingerprint density at radius 1 is 1.00 bits per heavy atom. The molecule has 33 heavy (non-hydrogen) atoms. The van der Waals surface area contributed by atoms with Crippen LogP contribution in [0.3, 0.4) is 0 Å². The van der Waals surface area contributed by atoms with E-state index in [0.29, 0.717) is 16.9 Å². The van der Waals surface area contributed by atoms with Crippen LogP contribution in [0.4, 0.5) is 28.9 Å². The molecule has 0 aliphatic carbocycles. The molecule has 1 heterocycles.